The van der Waals surface area contributed by atoms with Crippen LogP contribution in [0.4, 0.5) is 14.9 Å². The van der Waals surface area contributed by atoms with Gasteiger partial charge >= 0.3 is 6.09 Å². The van der Waals surface area contributed by atoms with Gasteiger partial charge in [0.2, 0.25) is 0 Å². The summed E-state index contributed by atoms with van der Waals surface area (Å²) < 4.78 is 20.0. The number of carbonyl (C=O) groups is 1. The third-order valence-electron chi connectivity index (χ3n) is 4.16. The molecule has 1 atom stereocenters. The first-order valence-corrected chi connectivity index (χ1v) is 9.26. The van der Waals surface area contributed by atoms with Crippen molar-refractivity contribution in [1.82, 2.24) is 9.80 Å². The van der Waals surface area contributed by atoms with Gasteiger partial charge in [0.15, 0.2) is 0 Å². The van der Waals surface area contributed by atoms with Crippen LogP contribution in [0, 0.1) is 15.9 Å². The van der Waals surface area contributed by atoms with E-state index in [4.69, 9.17) is 4.74 Å². The van der Waals surface area contributed by atoms with Crippen molar-refractivity contribution in [2.75, 3.05) is 26.2 Å². The smallest absolute Gasteiger partial charge is 0.410 e. The highest BCUT2D eigenvalue weighted by molar-refractivity contribution is 9.10. The molecule has 0 aromatic heterocycles. The van der Waals surface area contributed by atoms with Crippen molar-refractivity contribution in [3.63, 3.8) is 0 Å². The third-order valence-corrected chi connectivity index (χ3v) is 4.62. The fourth-order valence-electron chi connectivity index (χ4n) is 2.88. The van der Waals surface area contributed by atoms with Gasteiger partial charge < -0.3 is 14.7 Å². The van der Waals surface area contributed by atoms with E-state index in [1.54, 1.807) is 25.7 Å². The van der Waals surface area contributed by atoms with Gasteiger partial charge in [-0.1, -0.05) is 15.9 Å². The molecule has 0 spiro atoms. The normalized spacial score (nSPS) is 18.4. The minimum atomic E-state index is -0.692. The van der Waals surface area contributed by atoms with Gasteiger partial charge in [0, 0.05) is 36.7 Å². The van der Waals surface area contributed by atoms with E-state index in [1.807, 2.05) is 0 Å². The van der Waals surface area contributed by atoms with Crippen LogP contribution >= 0.6 is 15.9 Å². The monoisotopic (exact) mass is 447 g/mol. The number of amides is 1. The summed E-state index contributed by atoms with van der Waals surface area (Å²) in [5.74, 6) is -0.692. The highest BCUT2D eigenvalue weighted by Gasteiger charge is 2.33. The number of halogens is 2. The van der Waals surface area contributed by atoms with Gasteiger partial charge in [-0.25, -0.2) is 9.18 Å². The van der Waals surface area contributed by atoms with E-state index in [2.05, 4.69) is 15.9 Å². The number of benzene rings is 1. The predicted molar refractivity (Wildman–Crippen MR) is 99.8 cm³/mol. The molecule has 1 amide bonds. The van der Waals surface area contributed by atoms with Gasteiger partial charge in [0.1, 0.15) is 11.4 Å². The van der Waals surface area contributed by atoms with E-state index in [0.717, 1.165) is 0 Å². The lowest BCUT2D eigenvalue weighted by atomic mass is 10.1. The van der Waals surface area contributed by atoms with Crippen molar-refractivity contribution in [3.8, 4) is 0 Å². The molecule has 0 saturated carbocycles. The maximum atomic E-state index is 14.3. The lowest BCUT2D eigenvalue weighted by Gasteiger charge is -2.40. The molecule has 1 heterocycles. The summed E-state index contributed by atoms with van der Waals surface area (Å²) in [6.45, 7) is 5.82. The van der Waals surface area contributed by atoms with Crippen molar-refractivity contribution < 1.29 is 24.0 Å². The average Bonchev–Trinajstić information content (AvgIpc) is 2.55. The Morgan fingerprint density at radius 2 is 2.11 bits per heavy atom. The molecule has 1 aliphatic heterocycles. The summed E-state index contributed by atoms with van der Waals surface area (Å²) in [5, 5.41) is 21.0. The molecule has 1 saturated heterocycles. The van der Waals surface area contributed by atoms with Crippen molar-refractivity contribution >= 4 is 27.7 Å². The summed E-state index contributed by atoms with van der Waals surface area (Å²) in [6.07, 6.45) is -0.485. The number of aliphatic hydroxyl groups excluding tert-OH is 1. The van der Waals surface area contributed by atoms with E-state index in [1.165, 1.54) is 17.0 Å². The van der Waals surface area contributed by atoms with E-state index < -0.39 is 28.5 Å². The second kappa shape index (κ2) is 8.49. The zero-order chi connectivity index (χ0) is 20.4. The predicted octanol–water partition coefficient (Wildman–Crippen LogP) is 2.91. The lowest BCUT2D eigenvalue weighted by Crippen LogP contribution is -2.56. The van der Waals surface area contributed by atoms with Crippen LogP contribution in [0.3, 0.4) is 0 Å². The molecular formula is C17H23BrFN3O5. The molecule has 0 radical (unpaired) electrons. The number of piperazine rings is 1. The SMILES string of the molecule is CC(C)(C)OC(=O)N1CCN(Cc2c(F)cc(Br)cc2[N+](=O)[O-])[C@@H](CO)C1. The Kier molecular flexibility index (Phi) is 6.77. The van der Waals surface area contributed by atoms with E-state index in [9.17, 15) is 24.4 Å². The topological polar surface area (TPSA) is 96.2 Å². The quantitative estimate of drug-likeness (QED) is 0.562. The van der Waals surface area contributed by atoms with Crippen LogP contribution in [0.1, 0.15) is 26.3 Å². The average molecular weight is 448 g/mol. The highest BCUT2D eigenvalue weighted by Crippen LogP contribution is 2.29. The molecule has 150 valence electrons. The van der Waals surface area contributed by atoms with Crippen molar-refractivity contribution in [3.05, 3.63) is 38.1 Å². The Bertz CT molecular complexity index is 725. The summed E-state index contributed by atoms with van der Waals surface area (Å²) in [7, 11) is 0. The first-order valence-electron chi connectivity index (χ1n) is 8.47. The van der Waals surface area contributed by atoms with Crippen molar-refractivity contribution in [1.29, 1.82) is 0 Å². The van der Waals surface area contributed by atoms with Gasteiger partial charge in [-0.05, 0) is 26.8 Å². The molecule has 8 nitrogen and oxygen atoms in total. The molecule has 10 heteroatoms. The van der Waals surface area contributed by atoms with Gasteiger partial charge in [-0.2, -0.15) is 0 Å². The maximum absolute atomic E-state index is 14.3. The van der Waals surface area contributed by atoms with Crippen LogP contribution in [0.15, 0.2) is 16.6 Å². The van der Waals surface area contributed by atoms with Gasteiger partial charge in [-0.15, -0.1) is 0 Å². The number of hydrogen-bond donors (Lipinski definition) is 1. The number of carbonyl (C=O) groups excluding carboxylic acids is 1. The first-order chi connectivity index (χ1) is 12.5. The van der Waals surface area contributed by atoms with E-state index in [0.29, 0.717) is 13.1 Å². The summed E-state index contributed by atoms with van der Waals surface area (Å²) in [4.78, 5) is 26.1. The molecular weight excluding hydrogens is 425 g/mol. The van der Waals surface area contributed by atoms with Crippen molar-refractivity contribution in [2.24, 2.45) is 0 Å². The van der Waals surface area contributed by atoms with Gasteiger partial charge in [0.05, 0.1) is 23.1 Å². The zero-order valence-electron chi connectivity index (χ0n) is 15.4. The maximum Gasteiger partial charge on any atom is 0.410 e. The molecule has 0 unspecified atom stereocenters. The standard InChI is InChI=1S/C17H23BrFN3O5/c1-17(2,3)27-16(24)21-5-4-20(12(8-21)10-23)9-13-14(19)6-11(18)7-15(13)22(25)26/h6-7,12,23H,4-5,8-10H2,1-3H3/t12-/m1/s1. The van der Waals surface area contributed by atoms with Crippen LogP contribution in [-0.4, -0.2) is 63.8 Å². The molecule has 2 rings (SSSR count). The molecule has 1 N–H and O–H groups in total. The minimum absolute atomic E-state index is 0.0389. The zero-order valence-corrected chi connectivity index (χ0v) is 17.0. The number of hydrogen-bond acceptors (Lipinski definition) is 6. The minimum Gasteiger partial charge on any atom is -0.444 e. The summed E-state index contributed by atoms with van der Waals surface area (Å²) in [6, 6.07) is 1.95. The molecule has 0 bridgehead atoms. The molecule has 0 aliphatic carbocycles. The van der Waals surface area contributed by atoms with Crippen LogP contribution < -0.4 is 0 Å². The molecule has 27 heavy (non-hydrogen) atoms. The second-order valence-electron chi connectivity index (χ2n) is 7.38. The molecule has 1 aliphatic rings. The first kappa shape index (κ1) is 21.5. The Morgan fingerprint density at radius 3 is 2.67 bits per heavy atom. The Morgan fingerprint density at radius 1 is 1.44 bits per heavy atom. The molecule has 1 aromatic rings. The van der Waals surface area contributed by atoms with Crippen LogP contribution in [0.25, 0.3) is 0 Å². The fourth-order valence-corrected chi connectivity index (χ4v) is 3.30. The van der Waals surface area contributed by atoms with Crippen LogP contribution in [0.5, 0.6) is 0 Å². The second-order valence-corrected chi connectivity index (χ2v) is 8.29. The number of nitro benzene ring substituents is 1. The summed E-state index contributed by atoms with van der Waals surface area (Å²) >= 11 is 3.06. The molecule has 1 fully saturated rings. The van der Waals surface area contributed by atoms with Crippen molar-refractivity contribution in [2.45, 2.75) is 39.0 Å². The van der Waals surface area contributed by atoms with E-state index in [-0.39, 0.29) is 35.4 Å². The van der Waals surface area contributed by atoms with Gasteiger partial charge in [-0.3, -0.25) is 15.0 Å². The third kappa shape index (κ3) is 5.60. The largest absolute Gasteiger partial charge is 0.444 e. The summed E-state index contributed by atoms with van der Waals surface area (Å²) in [5.41, 5.74) is -1.01. The molecule has 1 aromatic carbocycles. The number of rotatable bonds is 4. The number of nitro groups is 1. The number of ether oxygens (including phenoxy) is 1. The van der Waals surface area contributed by atoms with Crippen LogP contribution in [-0.2, 0) is 11.3 Å². The fraction of sp³-hybridized carbons (Fsp3) is 0.588. The Hall–Kier alpha value is -1.78. The number of nitrogens with zero attached hydrogens (tertiary/aromatic N) is 3. The number of aliphatic hydroxyl groups is 1. The van der Waals surface area contributed by atoms with Crippen LogP contribution in [0.2, 0.25) is 0 Å². The highest BCUT2D eigenvalue weighted by atomic mass is 79.9. The van der Waals surface area contributed by atoms with Gasteiger partial charge in [0.25, 0.3) is 5.69 Å². The Balaban J connectivity index is 2.16. The lowest BCUT2D eigenvalue weighted by molar-refractivity contribution is -0.386. The van der Waals surface area contributed by atoms with E-state index >= 15 is 0 Å². The Labute approximate surface area is 165 Å².